The number of hydrogen-bond acceptors (Lipinski definition) is 8. The molecule has 0 unspecified atom stereocenters. The molecule has 0 radical (unpaired) electrons. The largest absolute Gasteiger partial charge is 0.378 e. The van der Waals surface area contributed by atoms with Crippen molar-refractivity contribution in [3.63, 3.8) is 0 Å². The first-order valence-corrected chi connectivity index (χ1v) is 13.2. The summed E-state index contributed by atoms with van der Waals surface area (Å²) in [6.45, 7) is 2.73. The smallest absolute Gasteiger partial charge is 0.318 e. The van der Waals surface area contributed by atoms with Crippen molar-refractivity contribution in [1.82, 2.24) is 25.1 Å². The van der Waals surface area contributed by atoms with Gasteiger partial charge in [-0.15, -0.1) is 0 Å². The van der Waals surface area contributed by atoms with Crippen molar-refractivity contribution in [3.8, 4) is 11.4 Å². The maximum absolute atomic E-state index is 11.6. The summed E-state index contributed by atoms with van der Waals surface area (Å²) in [6, 6.07) is 7.16. The number of ether oxygens (including phenoxy) is 1. The third kappa shape index (κ3) is 4.67. The molecule has 3 aromatic rings. The van der Waals surface area contributed by atoms with Crippen LogP contribution in [0, 0.1) is 0 Å². The van der Waals surface area contributed by atoms with Crippen LogP contribution in [0.15, 0.2) is 30.5 Å². The molecule has 34 heavy (non-hydrogen) atoms. The van der Waals surface area contributed by atoms with E-state index in [4.69, 9.17) is 14.7 Å². The minimum Gasteiger partial charge on any atom is -0.378 e. The number of aromatic nitrogens is 4. The van der Waals surface area contributed by atoms with Gasteiger partial charge in [0.2, 0.25) is 0 Å². The molecule has 2 aliphatic heterocycles. The van der Waals surface area contributed by atoms with Gasteiger partial charge in [0.1, 0.15) is 5.82 Å². The van der Waals surface area contributed by atoms with E-state index in [1.807, 2.05) is 35.1 Å². The molecule has 12 heteroatoms. The molecular formula is C22H29N7O4S. The van der Waals surface area contributed by atoms with Crippen LogP contribution in [0.25, 0.3) is 22.4 Å². The number of rotatable bonds is 4. The van der Waals surface area contributed by atoms with E-state index < -0.39 is 10.6 Å². The number of carbonyl (C=O) groups is 1. The van der Waals surface area contributed by atoms with Gasteiger partial charge in [-0.1, -0.05) is 0 Å². The lowest BCUT2D eigenvalue weighted by atomic mass is 10.1. The van der Waals surface area contributed by atoms with Gasteiger partial charge in [-0.25, -0.2) is 19.4 Å². The highest BCUT2D eigenvalue weighted by Crippen LogP contribution is 2.47. The number of anilines is 2. The molecule has 11 nitrogen and oxygen atoms in total. The fraction of sp³-hybridized carbons (Fsp3) is 0.455. The zero-order chi connectivity index (χ0) is 23.7. The predicted octanol–water partition coefficient (Wildman–Crippen LogP) is 3.17. The number of urea groups is 1. The Balaban J connectivity index is 1.54. The SMILES string of the molecule is CNC(=O)Nc1ccc(-c2nc(N3CCOCC3)c3cnn(C4CCS(O)(O)CC4)c3n2)cc1. The average Bonchev–Trinajstić information content (AvgIpc) is 3.28. The molecule has 4 N–H and O–H groups in total. The van der Waals surface area contributed by atoms with Gasteiger partial charge in [-0.2, -0.15) is 15.7 Å². The van der Waals surface area contributed by atoms with Gasteiger partial charge in [-0.05, 0) is 37.1 Å². The van der Waals surface area contributed by atoms with Gasteiger partial charge in [0.15, 0.2) is 11.5 Å². The molecule has 182 valence electrons. The topological polar surface area (TPSA) is 138 Å². The second kappa shape index (κ2) is 9.37. The Morgan fingerprint density at radius 2 is 1.82 bits per heavy atom. The summed E-state index contributed by atoms with van der Waals surface area (Å²) in [6.07, 6.45) is 3.10. The van der Waals surface area contributed by atoms with Crippen molar-refractivity contribution in [2.45, 2.75) is 18.9 Å². The molecule has 2 aliphatic rings. The number of morpholine rings is 1. The molecule has 4 heterocycles. The Labute approximate surface area is 198 Å². The predicted molar refractivity (Wildman–Crippen MR) is 133 cm³/mol. The molecule has 0 aliphatic carbocycles. The summed E-state index contributed by atoms with van der Waals surface area (Å²) < 4.78 is 27.5. The van der Waals surface area contributed by atoms with E-state index in [2.05, 4.69) is 20.6 Å². The average molecular weight is 488 g/mol. The summed E-state index contributed by atoms with van der Waals surface area (Å²) in [7, 11) is -0.914. The third-order valence-corrected chi connectivity index (χ3v) is 8.05. The summed E-state index contributed by atoms with van der Waals surface area (Å²) in [5.41, 5.74) is 2.23. The van der Waals surface area contributed by atoms with Crippen molar-refractivity contribution in [2.75, 3.05) is 55.1 Å². The first kappa shape index (κ1) is 22.8. The number of nitrogens with one attached hydrogen (secondary N) is 2. The maximum Gasteiger partial charge on any atom is 0.318 e. The first-order chi connectivity index (χ1) is 16.4. The van der Waals surface area contributed by atoms with Crippen LogP contribution < -0.4 is 15.5 Å². The molecule has 2 saturated heterocycles. The normalized spacial score (nSPS) is 19.7. The van der Waals surface area contributed by atoms with E-state index >= 15 is 0 Å². The van der Waals surface area contributed by atoms with Crippen molar-refractivity contribution in [1.29, 1.82) is 0 Å². The summed E-state index contributed by atoms with van der Waals surface area (Å²) in [5.74, 6) is 2.16. The second-order valence-corrected chi connectivity index (χ2v) is 10.9. The Bertz CT molecular complexity index is 1170. The van der Waals surface area contributed by atoms with Gasteiger partial charge >= 0.3 is 6.03 Å². The van der Waals surface area contributed by atoms with Gasteiger partial charge in [0, 0.05) is 42.9 Å². The van der Waals surface area contributed by atoms with Crippen LogP contribution >= 0.6 is 10.6 Å². The Kier molecular flexibility index (Phi) is 6.30. The molecule has 2 aromatic heterocycles. The molecule has 2 amide bonds. The molecule has 0 saturated carbocycles. The lowest BCUT2D eigenvalue weighted by Gasteiger charge is -2.39. The van der Waals surface area contributed by atoms with E-state index in [0.717, 1.165) is 35.5 Å². The minimum absolute atomic E-state index is 0.0526. The zero-order valence-corrected chi connectivity index (χ0v) is 19.8. The number of amides is 2. The van der Waals surface area contributed by atoms with E-state index in [9.17, 15) is 13.9 Å². The van der Waals surface area contributed by atoms with E-state index in [1.54, 1.807) is 7.05 Å². The minimum atomic E-state index is -2.48. The summed E-state index contributed by atoms with van der Waals surface area (Å²) >= 11 is 0. The van der Waals surface area contributed by atoms with Crippen molar-refractivity contribution in [2.24, 2.45) is 0 Å². The van der Waals surface area contributed by atoms with Crippen LogP contribution in [-0.4, -0.2) is 79.7 Å². The summed E-state index contributed by atoms with van der Waals surface area (Å²) in [4.78, 5) is 23.6. The number of benzene rings is 1. The number of fused-ring (bicyclic) bond motifs is 1. The van der Waals surface area contributed by atoms with Gasteiger partial charge in [0.25, 0.3) is 0 Å². The van der Waals surface area contributed by atoms with E-state index in [-0.39, 0.29) is 12.1 Å². The maximum atomic E-state index is 11.6. The molecule has 0 spiro atoms. The fourth-order valence-corrected chi connectivity index (χ4v) is 5.86. The highest BCUT2D eigenvalue weighted by atomic mass is 32.3. The van der Waals surface area contributed by atoms with Crippen LogP contribution in [0.1, 0.15) is 18.9 Å². The van der Waals surface area contributed by atoms with Crippen molar-refractivity contribution >= 4 is 39.2 Å². The Morgan fingerprint density at radius 3 is 2.50 bits per heavy atom. The number of nitrogens with zero attached hydrogens (tertiary/aromatic N) is 5. The van der Waals surface area contributed by atoms with Crippen molar-refractivity contribution in [3.05, 3.63) is 30.5 Å². The van der Waals surface area contributed by atoms with Crippen LogP contribution in [0.3, 0.4) is 0 Å². The molecular weight excluding hydrogens is 458 g/mol. The van der Waals surface area contributed by atoms with Gasteiger partial charge in [-0.3, -0.25) is 9.11 Å². The molecule has 0 atom stereocenters. The third-order valence-electron chi connectivity index (χ3n) is 6.27. The Hall–Kier alpha value is -2.93. The molecule has 1 aromatic carbocycles. The summed E-state index contributed by atoms with van der Waals surface area (Å²) in [5, 5.41) is 10.8. The second-order valence-electron chi connectivity index (χ2n) is 8.52. The monoisotopic (exact) mass is 487 g/mol. The molecule has 5 rings (SSSR count). The lowest BCUT2D eigenvalue weighted by Crippen LogP contribution is -2.37. The van der Waals surface area contributed by atoms with Crippen LogP contribution in [0.4, 0.5) is 16.3 Å². The van der Waals surface area contributed by atoms with Gasteiger partial charge in [0.05, 0.1) is 30.8 Å². The highest BCUT2D eigenvalue weighted by Gasteiger charge is 2.28. The highest BCUT2D eigenvalue weighted by molar-refractivity contribution is 8.24. The number of carbonyl (C=O) groups excluding carboxylic acids is 1. The standard InChI is InChI=1S/C22H29N7O4S/c1-23-22(30)25-16-4-2-15(3-5-16)19-26-20(28-8-10-33-11-9-28)18-14-24-29(21(18)27-19)17-6-12-34(31,32)13-7-17/h2-5,14,17,31-32H,6-13H2,1H3,(H2,23,25,30). The van der Waals surface area contributed by atoms with E-state index in [0.29, 0.717) is 49.1 Å². The zero-order valence-electron chi connectivity index (χ0n) is 19.0. The first-order valence-electron chi connectivity index (χ1n) is 11.3. The number of hydrogen-bond donors (Lipinski definition) is 4. The molecule has 0 bridgehead atoms. The van der Waals surface area contributed by atoms with Crippen molar-refractivity contribution < 1.29 is 18.6 Å². The van der Waals surface area contributed by atoms with Gasteiger partial charge < -0.3 is 20.3 Å². The quantitative estimate of drug-likeness (QED) is 0.440. The van der Waals surface area contributed by atoms with Crippen LogP contribution in [-0.2, 0) is 4.74 Å². The van der Waals surface area contributed by atoms with E-state index in [1.165, 1.54) is 0 Å². The van der Waals surface area contributed by atoms with Crippen LogP contribution in [0.2, 0.25) is 0 Å². The molecule has 2 fully saturated rings. The Morgan fingerprint density at radius 1 is 1.12 bits per heavy atom. The van der Waals surface area contributed by atoms with Crippen LogP contribution in [0.5, 0.6) is 0 Å². The lowest BCUT2D eigenvalue weighted by molar-refractivity contribution is 0.122. The fourth-order valence-electron chi connectivity index (χ4n) is 4.36.